The summed E-state index contributed by atoms with van der Waals surface area (Å²) in [6.45, 7) is 8.71. The van der Waals surface area contributed by atoms with Crippen LogP contribution in [-0.4, -0.2) is 24.8 Å². The van der Waals surface area contributed by atoms with Crippen LogP contribution in [0.1, 0.15) is 32.0 Å². The zero-order valence-corrected chi connectivity index (χ0v) is 11.6. The zero-order valence-electron chi connectivity index (χ0n) is 11.6. The van der Waals surface area contributed by atoms with Crippen molar-refractivity contribution in [1.82, 2.24) is 4.98 Å². The predicted molar refractivity (Wildman–Crippen MR) is 72.7 cm³/mol. The van der Waals surface area contributed by atoms with Crippen molar-refractivity contribution >= 4 is 0 Å². The van der Waals surface area contributed by atoms with Crippen molar-refractivity contribution in [3.05, 3.63) is 23.4 Å². The summed E-state index contributed by atoms with van der Waals surface area (Å²) in [5.74, 6) is 1.19. The molecule has 4 nitrogen and oxygen atoms in total. The van der Waals surface area contributed by atoms with E-state index in [4.69, 9.17) is 15.2 Å². The van der Waals surface area contributed by atoms with E-state index in [0.717, 1.165) is 24.3 Å². The summed E-state index contributed by atoms with van der Waals surface area (Å²) < 4.78 is 11.0. The third kappa shape index (κ3) is 5.47. The fraction of sp³-hybridized carbons (Fsp3) is 0.643. The first-order chi connectivity index (χ1) is 8.65. The van der Waals surface area contributed by atoms with Crippen molar-refractivity contribution in [3.63, 3.8) is 0 Å². The molecule has 1 rings (SSSR count). The molecule has 1 heterocycles. The molecule has 18 heavy (non-hydrogen) atoms. The number of ether oxygens (including phenoxy) is 2. The van der Waals surface area contributed by atoms with Crippen LogP contribution in [0.15, 0.2) is 12.1 Å². The molecule has 0 aliphatic rings. The van der Waals surface area contributed by atoms with Crippen molar-refractivity contribution in [1.29, 1.82) is 0 Å². The van der Waals surface area contributed by atoms with Gasteiger partial charge in [0.05, 0.1) is 6.61 Å². The molecule has 2 N–H and O–H groups in total. The number of rotatable bonds is 8. The molecule has 0 unspecified atom stereocenters. The van der Waals surface area contributed by atoms with Crippen LogP contribution in [-0.2, 0) is 17.7 Å². The Bertz CT molecular complexity index is 331. The SMILES string of the molecule is CCc1cc(CN)cc(OCCOCC(C)C)n1. The fourth-order valence-electron chi connectivity index (χ4n) is 1.52. The summed E-state index contributed by atoms with van der Waals surface area (Å²) in [5.41, 5.74) is 7.71. The van der Waals surface area contributed by atoms with Crippen LogP contribution < -0.4 is 10.5 Å². The van der Waals surface area contributed by atoms with Crippen LogP contribution in [0.3, 0.4) is 0 Å². The van der Waals surface area contributed by atoms with Crippen molar-refractivity contribution in [3.8, 4) is 5.88 Å². The molecule has 0 fully saturated rings. The Hall–Kier alpha value is -1.13. The minimum Gasteiger partial charge on any atom is -0.475 e. The molecule has 0 saturated carbocycles. The summed E-state index contributed by atoms with van der Waals surface area (Å²) in [6, 6.07) is 3.91. The number of nitrogens with zero attached hydrogens (tertiary/aromatic N) is 1. The Morgan fingerprint density at radius 1 is 1.28 bits per heavy atom. The lowest BCUT2D eigenvalue weighted by Gasteiger charge is -2.10. The maximum absolute atomic E-state index is 5.64. The van der Waals surface area contributed by atoms with Gasteiger partial charge in [-0.05, 0) is 24.0 Å². The van der Waals surface area contributed by atoms with E-state index in [1.54, 1.807) is 0 Å². The van der Waals surface area contributed by atoms with Crippen molar-refractivity contribution in [2.75, 3.05) is 19.8 Å². The van der Waals surface area contributed by atoms with Crippen LogP contribution >= 0.6 is 0 Å². The smallest absolute Gasteiger partial charge is 0.213 e. The van der Waals surface area contributed by atoms with Gasteiger partial charge in [0.2, 0.25) is 5.88 Å². The Morgan fingerprint density at radius 2 is 2.06 bits per heavy atom. The molecule has 0 aliphatic heterocycles. The number of nitrogens with two attached hydrogens (primary N) is 1. The molecule has 4 heteroatoms. The summed E-state index contributed by atoms with van der Waals surface area (Å²) in [5, 5.41) is 0. The van der Waals surface area contributed by atoms with Gasteiger partial charge >= 0.3 is 0 Å². The molecular formula is C14H24N2O2. The zero-order chi connectivity index (χ0) is 13.4. The standard InChI is InChI=1S/C14H24N2O2/c1-4-13-7-12(9-15)8-14(16-13)18-6-5-17-10-11(2)3/h7-8,11H,4-6,9-10,15H2,1-3H3. The second kappa shape index (κ2) is 8.06. The van der Waals surface area contributed by atoms with Gasteiger partial charge in [-0.15, -0.1) is 0 Å². The van der Waals surface area contributed by atoms with E-state index < -0.39 is 0 Å². The van der Waals surface area contributed by atoms with Crippen molar-refractivity contribution in [2.45, 2.75) is 33.7 Å². The highest BCUT2D eigenvalue weighted by Gasteiger charge is 2.02. The first kappa shape index (κ1) is 14.9. The predicted octanol–water partition coefficient (Wildman–Crippen LogP) is 2.15. The van der Waals surface area contributed by atoms with E-state index in [2.05, 4.69) is 25.8 Å². The summed E-state index contributed by atoms with van der Waals surface area (Å²) in [6.07, 6.45) is 0.883. The molecule has 102 valence electrons. The van der Waals surface area contributed by atoms with Gasteiger partial charge in [0.15, 0.2) is 0 Å². The van der Waals surface area contributed by atoms with Gasteiger partial charge in [-0.3, -0.25) is 0 Å². The van der Waals surface area contributed by atoms with Crippen molar-refractivity contribution < 1.29 is 9.47 Å². The van der Waals surface area contributed by atoms with Gasteiger partial charge in [-0.2, -0.15) is 0 Å². The molecule has 1 aromatic heterocycles. The second-order valence-electron chi connectivity index (χ2n) is 4.68. The molecular weight excluding hydrogens is 228 g/mol. The van der Waals surface area contributed by atoms with Crippen LogP contribution in [0.4, 0.5) is 0 Å². The van der Waals surface area contributed by atoms with E-state index >= 15 is 0 Å². The average Bonchev–Trinajstić information content (AvgIpc) is 2.37. The minimum atomic E-state index is 0.510. The van der Waals surface area contributed by atoms with Gasteiger partial charge in [-0.25, -0.2) is 4.98 Å². The molecule has 0 saturated heterocycles. The maximum Gasteiger partial charge on any atom is 0.213 e. The molecule has 1 aromatic rings. The van der Waals surface area contributed by atoms with E-state index in [0.29, 0.717) is 31.6 Å². The molecule has 0 atom stereocenters. The minimum absolute atomic E-state index is 0.510. The molecule has 0 spiro atoms. The molecule has 0 amide bonds. The third-order valence-electron chi connectivity index (χ3n) is 2.44. The van der Waals surface area contributed by atoms with Crippen LogP contribution in [0.2, 0.25) is 0 Å². The first-order valence-corrected chi connectivity index (χ1v) is 6.56. The molecule has 0 aliphatic carbocycles. The van der Waals surface area contributed by atoms with Gasteiger partial charge in [-0.1, -0.05) is 20.8 Å². The Balaban J connectivity index is 2.41. The number of hydrogen-bond acceptors (Lipinski definition) is 4. The number of hydrogen-bond donors (Lipinski definition) is 1. The topological polar surface area (TPSA) is 57.4 Å². The number of aromatic nitrogens is 1. The second-order valence-corrected chi connectivity index (χ2v) is 4.68. The Labute approximate surface area is 110 Å². The Kier molecular flexibility index (Phi) is 6.68. The summed E-state index contributed by atoms with van der Waals surface area (Å²) in [7, 11) is 0. The monoisotopic (exact) mass is 252 g/mol. The highest BCUT2D eigenvalue weighted by molar-refractivity contribution is 5.25. The largest absolute Gasteiger partial charge is 0.475 e. The quantitative estimate of drug-likeness (QED) is 0.720. The molecule has 0 aromatic carbocycles. The molecule has 0 bridgehead atoms. The lowest BCUT2D eigenvalue weighted by molar-refractivity contribution is 0.0805. The van der Waals surface area contributed by atoms with Crippen LogP contribution in [0.5, 0.6) is 5.88 Å². The number of pyridine rings is 1. The van der Waals surface area contributed by atoms with Crippen LogP contribution in [0.25, 0.3) is 0 Å². The normalized spacial score (nSPS) is 10.9. The van der Waals surface area contributed by atoms with Crippen molar-refractivity contribution in [2.24, 2.45) is 11.7 Å². The van der Waals surface area contributed by atoms with E-state index in [1.807, 2.05) is 12.1 Å². The fourth-order valence-corrected chi connectivity index (χ4v) is 1.52. The highest BCUT2D eigenvalue weighted by atomic mass is 16.5. The molecule has 0 radical (unpaired) electrons. The maximum atomic E-state index is 5.64. The van der Waals surface area contributed by atoms with Crippen LogP contribution in [0, 0.1) is 5.92 Å². The van der Waals surface area contributed by atoms with Gasteiger partial charge < -0.3 is 15.2 Å². The lowest BCUT2D eigenvalue weighted by Crippen LogP contribution is -2.11. The first-order valence-electron chi connectivity index (χ1n) is 6.56. The van der Waals surface area contributed by atoms with E-state index in [-0.39, 0.29) is 0 Å². The number of aryl methyl sites for hydroxylation is 1. The highest BCUT2D eigenvalue weighted by Crippen LogP contribution is 2.13. The van der Waals surface area contributed by atoms with Gasteiger partial charge in [0.25, 0.3) is 0 Å². The average molecular weight is 252 g/mol. The summed E-state index contributed by atoms with van der Waals surface area (Å²) in [4.78, 5) is 4.40. The van der Waals surface area contributed by atoms with E-state index in [1.165, 1.54) is 0 Å². The van der Waals surface area contributed by atoms with E-state index in [9.17, 15) is 0 Å². The summed E-state index contributed by atoms with van der Waals surface area (Å²) >= 11 is 0. The Morgan fingerprint density at radius 3 is 2.67 bits per heavy atom. The van der Waals surface area contributed by atoms with Gasteiger partial charge in [0, 0.05) is 24.9 Å². The lowest BCUT2D eigenvalue weighted by atomic mass is 10.2. The third-order valence-corrected chi connectivity index (χ3v) is 2.44. The van der Waals surface area contributed by atoms with Gasteiger partial charge in [0.1, 0.15) is 6.61 Å².